The minimum atomic E-state index is -1.10. The van der Waals surface area contributed by atoms with Crippen molar-refractivity contribution in [2.24, 2.45) is 0 Å². The largest absolute Gasteiger partial charge is 0.487 e. The number of urea groups is 1. The first-order valence-electron chi connectivity index (χ1n) is 10.8. The fraction of sp³-hybridized carbons (Fsp3) is 0.185. The number of hydrogen-bond acceptors (Lipinski definition) is 3. The molecule has 0 saturated carbocycles. The van der Waals surface area contributed by atoms with Crippen molar-refractivity contribution in [2.45, 2.75) is 20.3 Å². The second-order valence-electron chi connectivity index (χ2n) is 7.46. The molecule has 0 unspecified atom stereocenters. The number of aryl methyl sites for hydroxylation is 1. The van der Waals surface area contributed by atoms with E-state index in [-0.39, 0.29) is 18.4 Å². The van der Waals surface area contributed by atoms with Gasteiger partial charge in [0, 0.05) is 18.4 Å². The van der Waals surface area contributed by atoms with Gasteiger partial charge < -0.3 is 15.2 Å². The molecule has 0 aliphatic heterocycles. The Hall–Kier alpha value is -4.06. The third-order valence-corrected chi connectivity index (χ3v) is 5.20. The standard InChI is InChI=1S/C27H28N2O4/c1-4-19-11-15-23(16-12-19)28-27(32)29(3)24-8-6-7-22(18-24)21-13-9-20(10-14-21)17-25(26(30)31)33-5-2/h6-18H,4-5H2,1-3H3,(H,28,32)(H,30,31)/b25-17+. The number of benzene rings is 3. The molecule has 3 aromatic rings. The first-order chi connectivity index (χ1) is 15.9. The van der Waals surface area contributed by atoms with E-state index in [1.54, 1.807) is 18.9 Å². The molecule has 0 fully saturated rings. The maximum Gasteiger partial charge on any atom is 0.371 e. The van der Waals surface area contributed by atoms with Gasteiger partial charge in [-0.3, -0.25) is 4.90 Å². The Morgan fingerprint density at radius 2 is 1.67 bits per heavy atom. The van der Waals surface area contributed by atoms with Crippen LogP contribution < -0.4 is 10.2 Å². The number of amides is 2. The highest BCUT2D eigenvalue weighted by Crippen LogP contribution is 2.26. The van der Waals surface area contributed by atoms with E-state index in [1.807, 2.05) is 72.8 Å². The van der Waals surface area contributed by atoms with Gasteiger partial charge in [-0.25, -0.2) is 9.59 Å². The monoisotopic (exact) mass is 444 g/mol. The number of rotatable bonds is 8. The third-order valence-electron chi connectivity index (χ3n) is 5.20. The number of carbonyl (C=O) groups is 2. The van der Waals surface area contributed by atoms with Crippen molar-refractivity contribution < 1.29 is 19.4 Å². The van der Waals surface area contributed by atoms with Gasteiger partial charge in [0.2, 0.25) is 5.76 Å². The predicted molar refractivity (Wildman–Crippen MR) is 132 cm³/mol. The number of carbonyl (C=O) groups excluding carboxylic acids is 1. The zero-order chi connectivity index (χ0) is 23.8. The highest BCUT2D eigenvalue weighted by Gasteiger charge is 2.12. The van der Waals surface area contributed by atoms with Crippen molar-refractivity contribution in [3.05, 3.63) is 89.7 Å². The van der Waals surface area contributed by atoms with Crippen LogP contribution in [0.15, 0.2) is 78.6 Å². The number of carboxylic acid groups (broad SMARTS) is 1. The zero-order valence-corrected chi connectivity index (χ0v) is 19.0. The van der Waals surface area contributed by atoms with Crippen molar-refractivity contribution >= 4 is 29.5 Å². The summed E-state index contributed by atoms with van der Waals surface area (Å²) < 4.78 is 5.16. The van der Waals surface area contributed by atoms with Crippen molar-refractivity contribution in [3.63, 3.8) is 0 Å². The lowest BCUT2D eigenvalue weighted by atomic mass is 10.0. The Labute approximate surface area is 194 Å². The SMILES string of the molecule is CCO/C(=C/c1ccc(-c2cccc(N(C)C(=O)Nc3ccc(CC)cc3)c2)cc1)C(=O)O. The van der Waals surface area contributed by atoms with Crippen LogP contribution in [0.2, 0.25) is 0 Å². The van der Waals surface area contributed by atoms with E-state index in [2.05, 4.69) is 12.2 Å². The molecule has 2 amide bonds. The second kappa shape index (κ2) is 11.0. The van der Waals surface area contributed by atoms with Gasteiger partial charge >= 0.3 is 12.0 Å². The number of ether oxygens (including phenoxy) is 1. The Morgan fingerprint density at radius 1 is 0.970 bits per heavy atom. The number of hydrogen-bond donors (Lipinski definition) is 2. The Bertz CT molecular complexity index is 1140. The fourth-order valence-corrected chi connectivity index (χ4v) is 3.29. The molecule has 33 heavy (non-hydrogen) atoms. The van der Waals surface area contributed by atoms with E-state index in [0.717, 1.165) is 34.5 Å². The highest BCUT2D eigenvalue weighted by atomic mass is 16.5. The summed E-state index contributed by atoms with van der Waals surface area (Å²) in [5, 5.41) is 12.1. The summed E-state index contributed by atoms with van der Waals surface area (Å²) in [6.45, 7) is 4.12. The molecule has 0 aromatic heterocycles. The summed E-state index contributed by atoms with van der Waals surface area (Å²) in [6, 6.07) is 22.7. The Morgan fingerprint density at radius 3 is 2.27 bits per heavy atom. The van der Waals surface area contributed by atoms with E-state index in [4.69, 9.17) is 4.74 Å². The number of nitrogens with one attached hydrogen (secondary N) is 1. The van der Waals surface area contributed by atoms with Gasteiger partial charge in [0.25, 0.3) is 0 Å². The Kier molecular flexibility index (Phi) is 7.86. The van der Waals surface area contributed by atoms with E-state index in [0.29, 0.717) is 0 Å². The number of anilines is 2. The summed E-state index contributed by atoms with van der Waals surface area (Å²) in [5.41, 5.74) is 5.34. The van der Waals surface area contributed by atoms with E-state index in [9.17, 15) is 14.7 Å². The molecule has 3 rings (SSSR count). The first kappa shape index (κ1) is 23.6. The van der Waals surface area contributed by atoms with Crippen LogP contribution in [0.5, 0.6) is 0 Å². The minimum Gasteiger partial charge on any atom is -0.487 e. The molecule has 0 bridgehead atoms. The average Bonchev–Trinajstić information content (AvgIpc) is 2.84. The van der Waals surface area contributed by atoms with Crippen LogP contribution in [-0.2, 0) is 16.0 Å². The number of nitrogens with zero attached hydrogens (tertiary/aromatic N) is 1. The molecule has 0 atom stereocenters. The minimum absolute atomic E-state index is 0.0933. The molecule has 6 heteroatoms. The van der Waals surface area contributed by atoms with Gasteiger partial charge in [0.15, 0.2) is 0 Å². The lowest BCUT2D eigenvalue weighted by Gasteiger charge is -2.19. The van der Waals surface area contributed by atoms with Gasteiger partial charge in [-0.15, -0.1) is 0 Å². The van der Waals surface area contributed by atoms with Gasteiger partial charge in [-0.2, -0.15) is 0 Å². The lowest BCUT2D eigenvalue weighted by Crippen LogP contribution is -2.31. The fourth-order valence-electron chi connectivity index (χ4n) is 3.29. The summed E-state index contributed by atoms with van der Waals surface area (Å²) in [7, 11) is 1.73. The maximum atomic E-state index is 12.7. The van der Waals surface area contributed by atoms with Crippen LogP contribution in [0.1, 0.15) is 25.0 Å². The summed E-state index contributed by atoms with van der Waals surface area (Å²) in [6.07, 6.45) is 2.45. The van der Waals surface area contributed by atoms with Crippen molar-refractivity contribution in [3.8, 4) is 11.1 Å². The van der Waals surface area contributed by atoms with Gasteiger partial charge in [0.05, 0.1) is 6.61 Å². The Balaban J connectivity index is 1.75. The summed E-state index contributed by atoms with van der Waals surface area (Å²) in [5.74, 6) is -1.19. The van der Waals surface area contributed by atoms with Crippen LogP contribution in [0.4, 0.5) is 16.2 Å². The van der Waals surface area contributed by atoms with Crippen LogP contribution >= 0.6 is 0 Å². The van der Waals surface area contributed by atoms with E-state index in [1.165, 1.54) is 11.6 Å². The first-order valence-corrected chi connectivity index (χ1v) is 10.8. The van der Waals surface area contributed by atoms with Crippen LogP contribution in [0, 0.1) is 0 Å². The van der Waals surface area contributed by atoms with E-state index >= 15 is 0 Å². The average molecular weight is 445 g/mol. The molecule has 0 heterocycles. The topological polar surface area (TPSA) is 78.9 Å². The molecule has 0 aliphatic rings. The number of carboxylic acids is 1. The summed E-state index contributed by atoms with van der Waals surface area (Å²) >= 11 is 0. The lowest BCUT2D eigenvalue weighted by molar-refractivity contribution is -0.136. The molecular formula is C27H28N2O4. The quantitative estimate of drug-likeness (QED) is 0.328. The van der Waals surface area contributed by atoms with Crippen LogP contribution in [0.25, 0.3) is 17.2 Å². The predicted octanol–water partition coefficient (Wildman–Crippen LogP) is 6.05. The van der Waals surface area contributed by atoms with Gasteiger partial charge in [-0.05, 0) is 65.9 Å². The molecular weight excluding hydrogens is 416 g/mol. The summed E-state index contributed by atoms with van der Waals surface area (Å²) in [4.78, 5) is 25.5. The molecule has 6 nitrogen and oxygen atoms in total. The molecule has 2 N–H and O–H groups in total. The smallest absolute Gasteiger partial charge is 0.371 e. The maximum absolute atomic E-state index is 12.7. The molecule has 0 saturated heterocycles. The number of aliphatic carboxylic acids is 1. The van der Waals surface area contributed by atoms with Gasteiger partial charge in [0.1, 0.15) is 0 Å². The normalized spacial score (nSPS) is 11.1. The third kappa shape index (κ3) is 6.23. The van der Waals surface area contributed by atoms with E-state index < -0.39 is 5.97 Å². The molecule has 0 aliphatic carbocycles. The second-order valence-corrected chi connectivity index (χ2v) is 7.46. The van der Waals surface area contributed by atoms with Crippen LogP contribution in [0.3, 0.4) is 0 Å². The highest BCUT2D eigenvalue weighted by molar-refractivity contribution is 6.01. The molecule has 0 spiro atoms. The van der Waals surface area contributed by atoms with Crippen molar-refractivity contribution in [1.82, 2.24) is 0 Å². The van der Waals surface area contributed by atoms with Crippen LogP contribution in [-0.4, -0.2) is 30.8 Å². The molecule has 3 aromatic carbocycles. The van der Waals surface area contributed by atoms with Crippen molar-refractivity contribution in [2.75, 3.05) is 23.9 Å². The molecule has 170 valence electrons. The molecule has 0 radical (unpaired) electrons. The van der Waals surface area contributed by atoms with Crippen molar-refractivity contribution in [1.29, 1.82) is 0 Å². The van der Waals surface area contributed by atoms with Gasteiger partial charge in [-0.1, -0.05) is 55.5 Å². The zero-order valence-electron chi connectivity index (χ0n) is 19.0.